The van der Waals surface area contributed by atoms with Crippen molar-refractivity contribution in [3.05, 3.63) is 35.8 Å². The topological polar surface area (TPSA) is 30.2 Å². The number of aromatic nitrogens is 2. The molecule has 1 aliphatic heterocycles. The predicted octanol–water partition coefficient (Wildman–Crippen LogP) is 4.23. The highest BCUT2D eigenvalue weighted by Gasteiger charge is 2.32. The standard InChI is InChI=1S/C16H18FN3/c1-10-9-16(3,4)20-15(18-10)14(11(2)19-20)12-5-7-13(17)8-6-12/h5-8H,9H2,1-4H3. The highest BCUT2D eigenvalue weighted by molar-refractivity contribution is 5.90. The minimum absolute atomic E-state index is 0.0792. The second-order valence-corrected chi connectivity index (χ2v) is 6.04. The van der Waals surface area contributed by atoms with Crippen molar-refractivity contribution >= 4 is 11.5 Å². The van der Waals surface area contributed by atoms with Gasteiger partial charge in [0.1, 0.15) is 5.82 Å². The highest BCUT2D eigenvalue weighted by Crippen LogP contribution is 2.40. The van der Waals surface area contributed by atoms with Gasteiger partial charge in [-0.25, -0.2) is 14.1 Å². The molecule has 0 fully saturated rings. The Morgan fingerprint density at radius 3 is 2.45 bits per heavy atom. The molecule has 0 spiro atoms. The molecule has 0 amide bonds. The van der Waals surface area contributed by atoms with Crippen LogP contribution in [0, 0.1) is 12.7 Å². The fourth-order valence-corrected chi connectivity index (χ4v) is 2.92. The zero-order valence-electron chi connectivity index (χ0n) is 12.2. The molecule has 3 nitrogen and oxygen atoms in total. The van der Waals surface area contributed by atoms with Crippen LogP contribution in [0.4, 0.5) is 10.2 Å². The number of aryl methyl sites for hydroxylation is 1. The molecule has 2 aromatic rings. The van der Waals surface area contributed by atoms with Crippen LogP contribution in [0.25, 0.3) is 11.1 Å². The van der Waals surface area contributed by atoms with Crippen LogP contribution < -0.4 is 0 Å². The first-order chi connectivity index (χ1) is 9.38. The second-order valence-electron chi connectivity index (χ2n) is 6.04. The van der Waals surface area contributed by atoms with E-state index in [1.807, 2.05) is 18.5 Å². The summed E-state index contributed by atoms with van der Waals surface area (Å²) in [6.07, 6.45) is 0.893. The van der Waals surface area contributed by atoms with Crippen LogP contribution in [0.1, 0.15) is 32.9 Å². The SMILES string of the molecule is CC1=Nc2c(-c3ccc(F)cc3)c(C)nn2C(C)(C)C1. The zero-order chi connectivity index (χ0) is 14.5. The first kappa shape index (κ1) is 13.0. The monoisotopic (exact) mass is 271 g/mol. The quantitative estimate of drug-likeness (QED) is 0.763. The van der Waals surface area contributed by atoms with E-state index in [2.05, 4.69) is 23.9 Å². The molecule has 104 valence electrons. The van der Waals surface area contributed by atoms with Gasteiger partial charge in [0.25, 0.3) is 0 Å². The van der Waals surface area contributed by atoms with Gasteiger partial charge in [0.05, 0.1) is 11.2 Å². The summed E-state index contributed by atoms with van der Waals surface area (Å²) < 4.78 is 15.1. The van der Waals surface area contributed by atoms with Crippen LogP contribution in [0.5, 0.6) is 0 Å². The lowest BCUT2D eigenvalue weighted by molar-refractivity contribution is 0.327. The molecule has 0 saturated carbocycles. The maximum absolute atomic E-state index is 13.1. The van der Waals surface area contributed by atoms with E-state index in [0.717, 1.165) is 34.8 Å². The molecule has 1 aliphatic rings. The van der Waals surface area contributed by atoms with Gasteiger partial charge >= 0.3 is 0 Å². The second kappa shape index (κ2) is 4.27. The minimum Gasteiger partial charge on any atom is -0.241 e. The molecule has 1 aromatic heterocycles. The fourth-order valence-electron chi connectivity index (χ4n) is 2.92. The minimum atomic E-state index is -0.229. The van der Waals surface area contributed by atoms with Crippen LogP contribution in [-0.4, -0.2) is 15.5 Å². The number of halogens is 1. The molecule has 1 aromatic carbocycles. The van der Waals surface area contributed by atoms with E-state index in [-0.39, 0.29) is 11.4 Å². The normalized spacial score (nSPS) is 16.8. The average Bonchev–Trinajstić information content (AvgIpc) is 2.67. The van der Waals surface area contributed by atoms with Crippen LogP contribution >= 0.6 is 0 Å². The summed E-state index contributed by atoms with van der Waals surface area (Å²) in [4.78, 5) is 4.68. The van der Waals surface area contributed by atoms with E-state index in [4.69, 9.17) is 0 Å². The van der Waals surface area contributed by atoms with E-state index in [9.17, 15) is 4.39 Å². The van der Waals surface area contributed by atoms with Gasteiger partial charge in [-0.3, -0.25) is 0 Å². The first-order valence-electron chi connectivity index (χ1n) is 6.79. The van der Waals surface area contributed by atoms with Gasteiger partial charge in [0.15, 0.2) is 5.82 Å². The molecular formula is C16H18FN3. The molecule has 0 saturated heterocycles. The van der Waals surface area contributed by atoms with Crippen molar-refractivity contribution in [2.75, 3.05) is 0 Å². The van der Waals surface area contributed by atoms with Crippen molar-refractivity contribution in [3.63, 3.8) is 0 Å². The number of nitrogens with zero attached hydrogens (tertiary/aromatic N) is 3. The van der Waals surface area contributed by atoms with Gasteiger partial charge in [-0.05, 0) is 45.4 Å². The molecule has 0 aliphatic carbocycles. The Labute approximate surface area is 118 Å². The molecule has 2 heterocycles. The summed E-state index contributed by atoms with van der Waals surface area (Å²) in [5.74, 6) is 0.648. The van der Waals surface area contributed by atoms with Gasteiger partial charge in [0.2, 0.25) is 0 Å². The van der Waals surface area contributed by atoms with E-state index in [1.54, 1.807) is 12.1 Å². The van der Waals surface area contributed by atoms with Crippen LogP contribution in [0.15, 0.2) is 29.3 Å². The number of hydrogen-bond donors (Lipinski definition) is 0. The molecule has 0 radical (unpaired) electrons. The number of benzene rings is 1. The maximum atomic E-state index is 13.1. The van der Waals surface area contributed by atoms with Crippen molar-refractivity contribution < 1.29 is 4.39 Å². The largest absolute Gasteiger partial charge is 0.241 e. The lowest BCUT2D eigenvalue weighted by Gasteiger charge is -2.30. The Balaban J connectivity index is 2.24. The third-order valence-electron chi connectivity index (χ3n) is 3.73. The van der Waals surface area contributed by atoms with Gasteiger partial charge < -0.3 is 0 Å². The molecule has 20 heavy (non-hydrogen) atoms. The molecule has 0 unspecified atom stereocenters. The number of rotatable bonds is 1. The van der Waals surface area contributed by atoms with Crippen LogP contribution in [0.2, 0.25) is 0 Å². The molecule has 4 heteroatoms. The molecule has 0 bridgehead atoms. The Morgan fingerprint density at radius 1 is 1.15 bits per heavy atom. The van der Waals surface area contributed by atoms with E-state index < -0.39 is 0 Å². The Hall–Kier alpha value is -1.97. The third kappa shape index (κ3) is 1.96. The first-order valence-corrected chi connectivity index (χ1v) is 6.79. The smallest absolute Gasteiger partial charge is 0.159 e. The van der Waals surface area contributed by atoms with Crippen molar-refractivity contribution in [2.24, 2.45) is 4.99 Å². The number of fused-ring (bicyclic) bond motifs is 1. The van der Waals surface area contributed by atoms with Gasteiger partial charge in [-0.1, -0.05) is 12.1 Å². The maximum Gasteiger partial charge on any atom is 0.159 e. The van der Waals surface area contributed by atoms with Gasteiger partial charge in [-0.2, -0.15) is 5.10 Å². The Morgan fingerprint density at radius 2 is 1.80 bits per heavy atom. The van der Waals surface area contributed by atoms with Gasteiger partial charge in [-0.15, -0.1) is 0 Å². The lowest BCUT2D eigenvalue weighted by Crippen LogP contribution is -2.32. The van der Waals surface area contributed by atoms with Gasteiger partial charge in [0, 0.05) is 17.7 Å². The highest BCUT2D eigenvalue weighted by atomic mass is 19.1. The summed E-state index contributed by atoms with van der Waals surface area (Å²) in [7, 11) is 0. The summed E-state index contributed by atoms with van der Waals surface area (Å²) >= 11 is 0. The predicted molar refractivity (Wildman–Crippen MR) is 79.1 cm³/mol. The molecule has 0 atom stereocenters. The Kier molecular flexibility index (Phi) is 2.78. The van der Waals surface area contributed by atoms with E-state index >= 15 is 0 Å². The Bertz CT molecular complexity index is 693. The summed E-state index contributed by atoms with van der Waals surface area (Å²) in [6.45, 7) is 8.35. The van der Waals surface area contributed by atoms with E-state index in [1.165, 1.54) is 12.1 Å². The summed E-state index contributed by atoms with van der Waals surface area (Å²) in [5.41, 5.74) is 3.91. The van der Waals surface area contributed by atoms with E-state index in [0.29, 0.717) is 0 Å². The molecular weight excluding hydrogens is 253 g/mol. The molecule has 3 rings (SSSR count). The van der Waals surface area contributed by atoms with Crippen LogP contribution in [-0.2, 0) is 5.54 Å². The van der Waals surface area contributed by atoms with Crippen LogP contribution in [0.3, 0.4) is 0 Å². The zero-order valence-corrected chi connectivity index (χ0v) is 12.2. The van der Waals surface area contributed by atoms with Crippen molar-refractivity contribution in [2.45, 2.75) is 39.7 Å². The number of hydrogen-bond acceptors (Lipinski definition) is 2. The lowest BCUT2D eigenvalue weighted by atomic mass is 9.95. The third-order valence-corrected chi connectivity index (χ3v) is 3.73. The van der Waals surface area contributed by atoms with Crippen molar-refractivity contribution in [1.82, 2.24) is 9.78 Å². The van der Waals surface area contributed by atoms with Crippen molar-refractivity contribution in [1.29, 1.82) is 0 Å². The average molecular weight is 271 g/mol. The van der Waals surface area contributed by atoms with Crippen molar-refractivity contribution in [3.8, 4) is 11.1 Å². The summed E-state index contributed by atoms with van der Waals surface area (Å²) in [5, 5.41) is 4.65. The summed E-state index contributed by atoms with van der Waals surface area (Å²) in [6, 6.07) is 6.52. The fraction of sp³-hybridized carbons (Fsp3) is 0.375. The molecule has 0 N–H and O–H groups in total. The number of aliphatic imine (C=N–C) groups is 1.